The molecule has 0 amide bonds. The van der Waals surface area contributed by atoms with Crippen LogP contribution in [0.25, 0.3) is 21.8 Å². The van der Waals surface area contributed by atoms with Crippen molar-refractivity contribution in [2.75, 3.05) is 32.7 Å². The lowest BCUT2D eigenvalue weighted by Gasteiger charge is -2.26. The van der Waals surface area contributed by atoms with Crippen molar-refractivity contribution in [1.29, 1.82) is 0 Å². The van der Waals surface area contributed by atoms with E-state index in [2.05, 4.69) is 40.4 Å². The Morgan fingerprint density at radius 3 is 2.75 bits per heavy atom. The molecule has 0 atom stereocenters. The van der Waals surface area contributed by atoms with Crippen LogP contribution in [-0.2, 0) is 13.6 Å². The van der Waals surface area contributed by atoms with Gasteiger partial charge in [-0.1, -0.05) is 12.1 Å². The van der Waals surface area contributed by atoms with E-state index in [-0.39, 0.29) is 5.56 Å². The van der Waals surface area contributed by atoms with Crippen molar-refractivity contribution in [3.63, 3.8) is 0 Å². The van der Waals surface area contributed by atoms with Crippen molar-refractivity contribution in [2.45, 2.75) is 13.5 Å². The van der Waals surface area contributed by atoms with E-state index in [4.69, 9.17) is 0 Å². The van der Waals surface area contributed by atoms with Crippen molar-refractivity contribution in [3.8, 4) is 0 Å². The van der Waals surface area contributed by atoms with Gasteiger partial charge in [-0.15, -0.1) is 0 Å². The SMILES string of the molecule is Cc1ccc2c3cnn(CCN4CCNCC4)c(=O)c3n(C)c2c1. The third kappa shape index (κ3) is 2.52. The molecule has 0 spiro atoms. The number of aryl methyl sites for hydroxylation is 2. The highest BCUT2D eigenvalue weighted by atomic mass is 16.1. The number of nitrogens with one attached hydrogen (secondary N) is 1. The van der Waals surface area contributed by atoms with E-state index in [0.717, 1.165) is 54.5 Å². The quantitative estimate of drug-likeness (QED) is 0.784. The van der Waals surface area contributed by atoms with Gasteiger partial charge in [-0.05, 0) is 18.6 Å². The first-order valence-corrected chi connectivity index (χ1v) is 8.53. The van der Waals surface area contributed by atoms with Crippen LogP contribution in [0.5, 0.6) is 0 Å². The standard InChI is InChI=1S/C18H23N5O/c1-13-3-4-14-15-12-20-23(10-9-22-7-5-19-6-8-22)18(24)17(15)21(2)16(14)11-13/h3-4,11-12,19H,5-10H2,1-2H3. The van der Waals surface area contributed by atoms with Crippen LogP contribution >= 0.6 is 0 Å². The Bertz CT molecular complexity index is 949. The molecule has 1 aliphatic heterocycles. The third-order valence-corrected chi connectivity index (χ3v) is 5.00. The molecule has 1 saturated heterocycles. The molecule has 1 aliphatic rings. The summed E-state index contributed by atoms with van der Waals surface area (Å²) in [7, 11) is 1.96. The number of hydrogen-bond acceptors (Lipinski definition) is 4. The lowest BCUT2D eigenvalue weighted by molar-refractivity contribution is 0.228. The van der Waals surface area contributed by atoms with Gasteiger partial charge in [-0.3, -0.25) is 9.69 Å². The van der Waals surface area contributed by atoms with E-state index >= 15 is 0 Å². The molecule has 1 fully saturated rings. The lowest BCUT2D eigenvalue weighted by Crippen LogP contribution is -2.45. The summed E-state index contributed by atoms with van der Waals surface area (Å²) in [6, 6.07) is 6.29. The molecule has 0 unspecified atom stereocenters. The summed E-state index contributed by atoms with van der Waals surface area (Å²) >= 11 is 0. The van der Waals surface area contributed by atoms with E-state index < -0.39 is 0 Å². The Kier molecular flexibility index (Phi) is 3.86. The molecule has 3 heterocycles. The minimum absolute atomic E-state index is 0.000937. The van der Waals surface area contributed by atoms with Gasteiger partial charge < -0.3 is 9.88 Å². The molecule has 0 radical (unpaired) electrons. The van der Waals surface area contributed by atoms with Gasteiger partial charge in [-0.2, -0.15) is 5.10 Å². The van der Waals surface area contributed by atoms with Gasteiger partial charge in [-0.25, -0.2) is 4.68 Å². The van der Waals surface area contributed by atoms with E-state index in [1.54, 1.807) is 4.68 Å². The van der Waals surface area contributed by atoms with Crippen LogP contribution in [0.15, 0.2) is 29.2 Å². The van der Waals surface area contributed by atoms with Crippen LogP contribution in [0.4, 0.5) is 0 Å². The van der Waals surface area contributed by atoms with Crippen LogP contribution in [-0.4, -0.2) is 52.0 Å². The minimum Gasteiger partial charge on any atom is -0.339 e. The van der Waals surface area contributed by atoms with Crippen LogP contribution in [0.3, 0.4) is 0 Å². The van der Waals surface area contributed by atoms with Crippen molar-refractivity contribution < 1.29 is 0 Å². The monoisotopic (exact) mass is 325 g/mol. The van der Waals surface area contributed by atoms with Gasteiger partial charge in [0.1, 0.15) is 5.52 Å². The Labute approximate surface area is 140 Å². The van der Waals surface area contributed by atoms with Gasteiger partial charge in [0.05, 0.1) is 12.7 Å². The summed E-state index contributed by atoms with van der Waals surface area (Å²) in [5.41, 5.74) is 3.02. The highest BCUT2D eigenvalue weighted by Gasteiger charge is 2.15. The first-order chi connectivity index (χ1) is 11.6. The van der Waals surface area contributed by atoms with E-state index in [1.165, 1.54) is 5.56 Å². The largest absolute Gasteiger partial charge is 0.339 e. The molecule has 2 aromatic heterocycles. The molecule has 1 aromatic carbocycles. The van der Waals surface area contributed by atoms with E-state index in [1.807, 2.05) is 17.8 Å². The molecule has 1 N–H and O–H groups in total. The number of aromatic nitrogens is 3. The number of rotatable bonds is 3. The fraction of sp³-hybridized carbons (Fsp3) is 0.444. The van der Waals surface area contributed by atoms with Gasteiger partial charge >= 0.3 is 0 Å². The highest BCUT2D eigenvalue weighted by molar-refractivity contribution is 6.07. The molecular formula is C18H23N5O. The maximum absolute atomic E-state index is 12.9. The van der Waals surface area contributed by atoms with Crippen LogP contribution in [0.1, 0.15) is 5.56 Å². The van der Waals surface area contributed by atoms with Crippen molar-refractivity contribution in [1.82, 2.24) is 24.6 Å². The minimum atomic E-state index is -0.000937. The average molecular weight is 325 g/mol. The lowest BCUT2D eigenvalue weighted by atomic mass is 10.1. The van der Waals surface area contributed by atoms with Crippen LogP contribution in [0, 0.1) is 6.92 Å². The predicted molar refractivity (Wildman–Crippen MR) is 96.5 cm³/mol. The van der Waals surface area contributed by atoms with Gasteiger partial charge in [0, 0.05) is 56.1 Å². The van der Waals surface area contributed by atoms with Crippen molar-refractivity contribution >= 4 is 21.8 Å². The zero-order valence-electron chi connectivity index (χ0n) is 14.2. The summed E-state index contributed by atoms with van der Waals surface area (Å²) in [6.45, 7) is 7.67. The summed E-state index contributed by atoms with van der Waals surface area (Å²) in [6.07, 6.45) is 1.84. The molecule has 3 aromatic rings. The van der Waals surface area contributed by atoms with Gasteiger partial charge in [0.25, 0.3) is 5.56 Å². The molecule has 6 nitrogen and oxygen atoms in total. The molecule has 0 saturated carbocycles. The molecule has 24 heavy (non-hydrogen) atoms. The number of piperazine rings is 1. The Morgan fingerprint density at radius 2 is 1.96 bits per heavy atom. The van der Waals surface area contributed by atoms with E-state index in [9.17, 15) is 4.79 Å². The summed E-state index contributed by atoms with van der Waals surface area (Å²) in [4.78, 5) is 15.3. The second kappa shape index (κ2) is 6.03. The second-order valence-electron chi connectivity index (χ2n) is 6.61. The van der Waals surface area contributed by atoms with Crippen molar-refractivity contribution in [3.05, 3.63) is 40.3 Å². The maximum atomic E-state index is 12.9. The Morgan fingerprint density at radius 1 is 1.17 bits per heavy atom. The fourth-order valence-corrected chi connectivity index (χ4v) is 3.60. The summed E-state index contributed by atoms with van der Waals surface area (Å²) < 4.78 is 3.61. The van der Waals surface area contributed by atoms with E-state index in [0.29, 0.717) is 6.54 Å². The Balaban J connectivity index is 1.73. The molecule has 6 heteroatoms. The third-order valence-electron chi connectivity index (χ3n) is 5.00. The smallest absolute Gasteiger partial charge is 0.291 e. The zero-order chi connectivity index (χ0) is 16.7. The number of benzene rings is 1. The van der Waals surface area contributed by atoms with Gasteiger partial charge in [0.15, 0.2) is 0 Å². The fourth-order valence-electron chi connectivity index (χ4n) is 3.60. The number of fused-ring (bicyclic) bond motifs is 3. The average Bonchev–Trinajstić information content (AvgIpc) is 2.88. The molecule has 126 valence electrons. The van der Waals surface area contributed by atoms with Crippen molar-refractivity contribution in [2.24, 2.45) is 7.05 Å². The summed E-state index contributed by atoms with van der Waals surface area (Å²) in [5.74, 6) is 0. The topological polar surface area (TPSA) is 55.1 Å². The predicted octanol–water partition coefficient (Wildman–Crippen LogP) is 1.10. The molecule has 0 bridgehead atoms. The second-order valence-corrected chi connectivity index (χ2v) is 6.61. The Hall–Kier alpha value is -2.18. The highest BCUT2D eigenvalue weighted by Crippen LogP contribution is 2.25. The normalized spacial score (nSPS) is 16.2. The molecule has 4 rings (SSSR count). The van der Waals surface area contributed by atoms with Crippen LogP contribution in [0.2, 0.25) is 0 Å². The summed E-state index contributed by atoms with van der Waals surface area (Å²) in [5, 5.41) is 9.81. The number of nitrogens with zero attached hydrogens (tertiary/aromatic N) is 4. The van der Waals surface area contributed by atoms with Crippen LogP contribution < -0.4 is 10.9 Å². The maximum Gasteiger partial charge on any atom is 0.291 e. The number of hydrogen-bond donors (Lipinski definition) is 1. The zero-order valence-corrected chi connectivity index (χ0v) is 14.2. The molecule has 0 aliphatic carbocycles. The first-order valence-electron chi connectivity index (χ1n) is 8.53. The molecular weight excluding hydrogens is 302 g/mol. The van der Waals surface area contributed by atoms with Gasteiger partial charge in [0.2, 0.25) is 0 Å². The first kappa shape index (κ1) is 15.4.